The maximum Gasteiger partial charge on any atom is 0.325 e. The third-order valence-electron chi connectivity index (χ3n) is 3.93. The van der Waals surface area contributed by atoms with Gasteiger partial charge in [-0.2, -0.15) is 0 Å². The highest BCUT2D eigenvalue weighted by molar-refractivity contribution is 6.06. The lowest BCUT2D eigenvalue weighted by Gasteiger charge is -2.29. The summed E-state index contributed by atoms with van der Waals surface area (Å²) < 4.78 is 5.57. The lowest BCUT2D eigenvalue weighted by atomic mass is 9.95. The smallest absolute Gasteiger partial charge is 0.325 e. The van der Waals surface area contributed by atoms with E-state index >= 15 is 0 Å². The third-order valence-corrected chi connectivity index (χ3v) is 3.93. The summed E-state index contributed by atoms with van der Waals surface area (Å²) in [5, 5.41) is 5.79. The number of carbonyl (C=O) groups excluding carboxylic acids is 2. The van der Waals surface area contributed by atoms with Gasteiger partial charge in [-0.1, -0.05) is 0 Å². The fourth-order valence-electron chi connectivity index (χ4n) is 2.34. The van der Waals surface area contributed by atoms with Crippen LogP contribution in [-0.4, -0.2) is 55.2 Å². The molecule has 116 valence electrons. The number of imide groups is 1. The standard InChI is InChI=1S/C14H27N3O3/c1-13(2)11(18)17(12(19)16-13)10-8-14(3,20-5)7-6-9-15-4/h15H,6-10H2,1-5H3,(H,16,19). The maximum atomic E-state index is 12.1. The highest BCUT2D eigenvalue weighted by Crippen LogP contribution is 2.24. The van der Waals surface area contributed by atoms with Crippen molar-refractivity contribution in [2.24, 2.45) is 0 Å². The molecule has 6 heteroatoms. The molecule has 1 heterocycles. The van der Waals surface area contributed by atoms with Gasteiger partial charge in [0.1, 0.15) is 5.54 Å². The summed E-state index contributed by atoms with van der Waals surface area (Å²) in [5.74, 6) is -0.170. The molecule has 1 fully saturated rings. The molecule has 0 aromatic carbocycles. The first kappa shape index (κ1) is 16.9. The number of methoxy groups -OCH3 is 1. The molecule has 1 unspecified atom stereocenters. The Balaban J connectivity index is 2.56. The normalized spacial score (nSPS) is 20.9. The number of nitrogens with zero attached hydrogens (tertiary/aromatic N) is 1. The van der Waals surface area contributed by atoms with Crippen molar-refractivity contribution in [3.63, 3.8) is 0 Å². The number of carbonyl (C=O) groups is 2. The van der Waals surface area contributed by atoms with E-state index in [0.717, 1.165) is 19.4 Å². The zero-order valence-electron chi connectivity index (χ0n) is 13.2. The summed E-state index contributed by atoms with van der Waals surface area (Å²) >= 11 is 0. The molecule has 6 nitrogen and oxygen atoms in total. The molecule has 2 N–H and O–H groups in total. The van der Waals surface area contributed by atoms with Crippen molar-refractivity contribution >= 4 is 11.9 Å². The van der Waals surface area contributed by atoms with Gasteiger partial charge in [-0.25, -0.2) is 4.79 Å². The average Bonchev–Trinajstić information content (AvgIpc) is 2.57. The molecule has 1 atom stereocenters. The Morgan fingerprint density at radius 1 is 1.35 bits per heavy atom. The maximum absolute atomic E-state index is 12.1. The van der Waals surface area contributed by atoms with Crippen molar-refractivity contribution in [3.8, 4) is 0 Å². The van der Waals surface area contributed by atoms with Gasteiger partial charge in [0.25, 0.3) is 5.91 Å². The van der Waals surface area contributed by atoms with Gasteiger partial charge in [0.05, 0.1) is 5.60 Å². The van der Waals surface area contributed by atoms with Gasteiger partial charge in [0.2, 0.25) is 0 Å². The molecule has 0 aromatic heterocycles. The molecule has 1 saturated heterocycles. The number of nitrogens with one attached hydrogen (secondary N) is 2. The minimum Gasteiger partial charge on any atom is -0.378 e. The Kier molecular flexibility index (Phi) is 5.53. The molecule has 1 rings (SSSR count). The lowest BCUT2D eigenvalue weighted by molar-refractivity contribution is -0.130. The number of rotatable bonds is 8. The van der Waals surface area contributed by atoms with Gasteiger partial charge in [-0.3, -0.25) is 9.69 Å². The minimum atomic E-state index is -0.799. The van der Waals surface area contributed by atoms with Gasteiger partial charge in [-0.15, -0.1) is 0 Å². The largest absolute Gasteiger partial charge is 0.378 e. The number of hydrogen-bond acceptors (Lipinski definition) is 4. The number of hydrogen-bond donors (Lipinski definition) is 2. The molecule has 1 aliphatic heterocycles. The fraction of sp³-hybridized carbons (Fsp3) is 0.857. The van der Waals surface area contributed by atoms with Crippen LogP contribution in [0.1, 0.15) is 40.0 Å². The van der Waals surface area contributed by atoms with E-state index in [1.165, 1.54) is 4.90 Å². The molecule has 0 saturated carbocycles. The van der Waals surface area contributed by atoms with Crippen LogP contribution in [0.3, 0.4) is 0 Å². The van der Waals surface area contributed by atoms with Crippen LogP contribution in [0.4, 0.5) is 4.79 Å². The van der Waals surface area contributed by atoms with E-state index in [4.69, 9.17) is 4.74 Å². The summed E-state index contributed by atoms with van der Waals surface area (Å²) in [5.41, 5.74) is -1.11. The second kappa shape index (κ2) is 6.54. The van der Waals surface area contributed by atoms with E-state index in [9.17, 15) is 9.59 Å². The van der Waals surface area contributed by atoms with E-state index in [-0.39, 0.29) is 17.5 Å². The summed E-state index contributed by atoms with van der Waals surface area (Å²) in [4.78, 5) is 25.2. The first-order chi connectivity index (χ1) is 9.25. The summed E-state index contributed by atoms with van der Waals surface area (Å²) in [6.07, 6.45) is 2.52. The van der Waals surface area contributed by atoms with Crippen molar-refractivity contribution < 1.29 is 14.3 Å². The van der Waals surface area contributed by atoms with Crippen LogP contribution in [0.2, 0.25) is 0 Å². The molecule has 0 radical (unpaired) electrons. The van der Waals surface area contributed by atoms with Crippen molar-refractivity contribution in [1.82, 2.24) is 15.5 Å². The van der Waals surface area contributed by atoms with Crippen LogP contribution >= 0.6 is 0 Å². The SMILES string of the molecule is CNCCCC(C)(CCN1C(=O)NC(C)(C)C1=O)OC. The molecular weight excluding hydrogens is 258 g/mol. The zero-order valence-corrected chi connectivity index (χ0v) is 13.2. The van der Waals surface area contributed by atoms with Gasteiger partial charge >= 0.3 is 6.03 Å². The molecular formula is C14H27N3O3. The average molecular weight is 285 g/mol. The van der Waals surface area contributed by atoms with Gasteiger partial charge in [0.15, 0.2) is 0 Å². The number of urea groups is 1. The Morgan fingerprint density at radius 3 is 2.45 bits per heavy atom. The predicted molar refractivity (Wildman–Crippen MR) is 77.5 cm³/mol. The highest BCUT2D eigenvalue weighted by atomic mass is 16.5. The molecule has 0 aromatic rings. The highest BCUT2D eigenvalue weighted by Gasteiger charge is 2.44. The first-order valence-corrected chi connectivity index (χ1v) is 7.09. The number of ether oxygens (including phenoxy) is 1. The second-order valence-electron chi connectivity index (χ2n) is 6.12. The van der Waals surface area contributed by atoms with E-state index < -0.39 is 5.54 Å². The van der Waals surface area contributed by atoms with E-state index in [2.05, 4.69) is 10.6 Å². The fourth-order valence-corrected chi connectivity index (χ4v) is 2.34. The Hall–Kier alpha value is -1.14. The van der Waals surface area contributed by atoms with Gasteiger partial charge < -0.3 is 15.4 Å². The van der Waals surface area contributed by atoms with Crippen molar-refractivity contribution in [3.05, 3.63) is 0 Å². The van der Waals surface area contributed by atoms with Gasteiger partial charge in [0, 0.05) is 13.7 Å². The minimum absolute atomic E-state index is 0.170. The molecule has 1 aliphatic rings. The van der Waals surface area contributed by atoms with Crippen LogP contribution in [0, 0.1) is 0 Å². The molecule has 0 bridgehead atoms. The van der Waals surface area contributed by atoms with Crippen LogP contribution < -0.4 is 10.6 Å². The summed E-state index contributed by atoms with van der Waals surface area (Å²) in [7, 11) is 3.59. The van der Waals surface area contributed by atoms with Crippen molar-refractivity contribution in [2.75, 3.05) is 27.2 Å². The lowest BCUT2D eigenvalue weighted by Crippen LogP contribution is -2.41. The first-order valence-electron chi connectivity index (χ1n) is 7.09. The molecule has 0 spiro atoms. The quantitative estimate of drug-likeness (QED) is 0.518. The van der Waals surface area contributed by atoms with Crippen molar-refractivity contribution in [1.29, 1.82) is 0 Å². The van der Waals surface area contributed by atoms with Crippen LogP contribution in [0.15, 0.2) is 0 Å². The van der Waals surface area contributed by atoms with Crippen molar-refractivity contribution in [2.45, 2.75) is 51.2 Å². The summed E-state index contributed by atoms with van der Waals surface area (Å²) in [6, 6.07) is -0.311. The number of amides is 3. The van der Waals surface area contributed by atoms with Crippen LogP contribution in [0.5, 0.6) is 0 Å². The van der Waals surface area contributed by atoms with Crippen LogP contribution in [-0.2, 0) is 9.53 Å². The third kappa shape index (κ3) is 3.93. The second-order valence-corrected chi connectivity index (χ2v) is 6.12. The molecule has 20 heavy (non-hydrogen) atoms. The summed E-state index contributed by atoms with van der Waals surface area (Å²) in [6.45, 7) is 6.77. The molecule has 0 aliphatic carbocycles. The predicted octanol–water partition coefficient (Wildman–Crippen LogP) is 1.11. The van der Waals surface area contributed by atoms with E-state index in [1.807, 2.05) is 14.0 Å². The topological polar surface area (TPSA) is 70.7 Å². The Labute approximate surface area is 121 Å². The zero-order chi connectivity index (χ0) is 15.4. The Bertz CT molecular complexity index is 371. The van der Waals surface area contributed by atoms with Gasteiger partial charge in [-0.05, 0) is 53.6 Å². The monoisotopic (exact) mass is 285 g/mol. The van der Waals surface area contributed by atoms with E-state index in [1.54, 1.807) is 21.0 Å². The van der Waals surface area contributed by atoms with E-state index in [0.29, 0.717) is 13.0 Å². The molecule has 3 amide bonds. The Morgan fingerprint density at radius 2 is 2.00 bits per heavy atom. The van der Waals surface area contributed by atoms with Crippen LogP contribution in [0.25, 0.3) is 0 Å².